The van der Waals surface area contributed by atoms with Crippen molar-refractivity contribution in [2.75, 3.05) is 0 Å². The molecule has 0 aromatic carbocycles. The fourth-order valence-corrected chi connectivity index (χ4v) is 0.506. The Morgan fingerprint density at radius 2 is 2.50 bits per heavy atom. The van der Waals surface area contributed by atoms with Gasteiger partial charge in [0.2, 0.25) is 5.24 Å². The summed E-state index contributed by atoms with van der Waals surface area (Å²) in [6.45, 7) is 1.74. The molecule has 0 radical (unpaired) electrons. The zero-order valence-electron chi connectivity index (χ0n) is 4.52. The highest BCUT2D eigenvalue weighted by Crippen LogP contribution is 2.03. The van der Waals surface area contributed by atoms with Gasteiger partial charge in [0.15, 0.2) is 0 Å². The standard InChI is InChI=1S/C5H6ClNO/c1-2-4(3-7)5(6)8/h4H,2H2,1H3. The van der Waals surface area contributed by atoms with E-state index in [2.05, 4.69) is 0 Å². The third kappa shape index (κ3) is 1.94. The Bertz CT molecular complexity index is 127. The summed E-state index contributed by atoms with van der Waals surface area (Å²) < 4.78 is 0. The highest BCUT2D eigenvalue weighted by Gasteiger charge is 2.10. The summed E-state index contributed by atoms with van der Waals surface area (Å²) in [6, 6.07) is 1.77. The van der Waals surface area contributed by atoms with Gasteiger partial charge in [-0.3, -0.25) is 4.79 Å². The van der Waals surface area contributed by atoms with E-state index in [0.29, 0.717) is 6.42 Å². The van der Waals surface area contributed by atoms with Crippen molar-refractivity contribution < 1.29 is 4.79 Å². The second-order valence-corrected chi connectivity index (χ2v) is 1.77. The lowest BCUT2D eigenvalue weighted by atomic mass is 10.1. The summed E-state index contributed by atoms with van der Waals surface area (Å²) in [4.78, 5) is 10.1. The van der Waals surface area contributed by atoms with Gasteiger partial charge in [0, 0.05) is 0 Å². The van der Waals surface area contributed by atoms with E-state index in [1.54, 1.807) is 13.0 Å². The van der Waals surface area contributed by atoms with Crippen LogP contribution in [0, 0.1) is 17.2 Å². The molecule has 0 spiro atoms. The van der Waals surface area contributed by atoms with Gasteiger partial charge in [0.1, 0.15) is 5.92 Å². The minimum Gasteiger partial charge on any atom is -0.280 e. The molecule has 0 saturated carbocycles. The number of carbonyl (C=O) groups is 1. The summed E-state index contributed by atoms with van der Waals surface area (Å²) in [5.74, 6) is -0.614. The normalized spacial score (nSPS) is 12.1. The quantitative estimate of drug-likeness (QED) is 0.530. The SMILES string of the molecule is CCC(C#N)C(=O)Cl. The minimum atomic E-state index is -0.614. The molecule has 0 bridgehead atoms. The van der Waals surface area contributed by atoms with Gasteiger partial charge in [-0.25, -0.2) is 0 Å². The number of hydrogen-bond donors (Lipinski definition) is 0. The summed E-state index contributed by atoms with van der Waals surface area (Å²) in [5.41, 5.74) is 0. The lowest BCUT2D eigenvalue weighted by molar-refractivity contribution is -0.113. The predicted molar refractivity (Wildman–Crippen MR) is 30.3 cm³/mol. The molecule has 2 nitrogen and oxygen atoms in total. The van der Waals surface area contributed by atoms with Crippen molar-refractivity contribution in [1.82, 2.24) is 0 Å². The van der Waals surface area contributed by atoms with Crippen molar-refractivity contribution in [2.24, 2.45) is 5.92 Å². The monoisotopic (exact) mass is 131 g/mol. The van der Waals surface area contributed by atoms with Gasteiger partial charge in [-0.2, -0.15) is 5.26 Å². The third-order valence-electron chi connectivity index (χ3n) is 0.838. The Morgan fingerprint density at radius 3 is 2.50 bits per heavy atom. The van der Waals surface area contributed by atoms with Crippen molar-refractivity contribution in [3.8, 4) is 6.07 Å². The van der Waals surface area contributed by atoms with Gasteiger partial charge in [0.25, 0.3) is 0 Å². The molecule has 0 aliphatic carbocycles. The molecule has 8 heavy (non-hydrogen) atoms. The predicted octanol–water partition coefficient (Wildman–Crippen LogP) is 1.30. The number of rotatable bonds is 2. The van der Waals surface area contributed by atoms with Gasteiger partial charge < -0.3 is 0 Å². The van der Waals surface area contributed by atoms with Crippen molar-refractivity contribution in [3.05, 3.63) is 0 Å². The van der Waals surface area contributed by atoms with Crippen molar-refractivity contribution in [2.45, 2.75) is 13.3 Å². The zero-order valence-corrected chi connectivity index (χ0v) is 5.27. The van der Waals surface area contributed by atoms with E-state index in [1.165, 1.54) is 0 Å². The van der Waals surface area contributed by atoms with Gasteiger partial charge in [-0.1, -0.05) is 6.92 Å². The van der Waals surface area contributed by atoms with E-state index >= 15 is 0 Å². The molecule has 1 unspecified atom stereocenters. The summed E-state index contributed by atoms with van der Waals surface area (Å²) in [7, 11) is 0. The van der Waals surface area contributed by atoms with Crippen LogP contribution in [0.2, 0.25) is 0 Å². The Labute approximate surface area is 53.1 Å². The van der Waals surface area contributed by atoms with Crippen molar-refractivity contribution in [3.63, 3.8) is 0 Å². The van der Waals surface area contributed by atoms with Gasteiger partial charge >= 0.3 is 0 Å². The number of nitriles is 1. The van der Waals surface area contributed by atoms with Gasteiger partial charge in [0.05, 0.1) is 6.07 Å². The minimum absolute atomic E-state index is 0.499. The van der Waals surface area contributed by atoms with E-state index in [0.717, 1.165) is 0 Å². The number of hydrogen-bond acceptors (Lipinski definition) is 2. The van der Waals surface area contributed by atoms with Crippen LogP contribution in [0.3, 0.4) is 0 Å². The molecule has 0 fully saturated rings. The lowest BCUT2D eigenvalue weighted by Gasteiger charge is -1.92. The first-order valence-corrected chi connectivity index (χ1v) is 2.69. The average molecular weight is 132 g/mol. The molecule has 0 aliphatic rings. The maximum absolute atomic E-state index is 10.1. The van der Waals surface area contributed by atoms with Gasteiger partial charge in [-0.05, 0) is 18.0 Å². The highest BCUT2D eigenvalue weighted by atomic mass is 35.5. The van der Waals surface area contributed by atoms with Gasteiger partial charge in [-0.15, -0.1) is 0 Å². The number of carbonyl (C=O) groups excluding carboxylic acids is 1. The molecule has 0 amide bonds. The first kappa shape index (κ1) is 7.45. The Hall–Kier alpha value is -0.550. The first-order chi connectivity index (χ1) is 3.72. The maximum atomic E-state index is 10.1. The van der Waals surface area contributed by atoms with Crippen LogP contribution in [0.25, 0.3) is 0 Å². The first-order valence-electron chi connectivity index (χ1n) is 2.31. The van der Waals surface area contributed by atoms with E-state index in [1.807, 2.05) is 0 Å². The van der Waals surface area contributed by atoms with E-state index in [9.17, 15) is 4.79 Å². The zero-order chi connectivity index (χ0) is 6.57. The van der Waals surface area contributed by atoms with Crippen LogP contribution in [0.1, 0.15) is 13.3 Å². The van der Waals surface area contributed by atoms with Crippen LogP contribution in [0.15, 0.2) is 0 Å². The highest BCUT2D eigenvalue weighted by molar-refractivity contribution is 6.64. The van der Waals surface area contributed by atoms with Crippen LogP contribution in [0.5, 0.6) is 0 Å². The van der Waals surface area contributed by atoms with Crippen molar-refractivity contribution >= 4 is 16.8 Å². The van der Waals surface area contributed by atoms with Crippen LogP contribution < -0.4 is 0 Å². The molecule has 44 valence electrons. The molecule has 0 aromatic heterocycles. The van der Waals surface area contributed by atoms with Crippen LogP contribution in [-0.2, 0) is 4.79 Å². The Kier molecular flexibility index (Phi) is 3.21. The van der Waals surface area contributed by atoms with Crippen LogP contribution in [0.4, 0.5) is 0 Å². The number of nitrogens with zero attached hydrogens (tertiary/aromatic N) is 1. The van der Waals surface area contributed by atoms with Crippen LogP contribution in [-0.4, -0.2) is 5.24 Å². The molecule has 0 heterocycles. The fraction of sp³-hybridized carbons (Fsp3) is 0.600. The Morgan fingerprint density at radius 1 is 2.00 bits per heavy atom. The topological polar surface area (TPSA) is 40.9 Å². The Balaban J connectivity index is 3.76. The molecular weight excluding hydrogens is 126 g/mol. The van der Waals surface area contributed by atoms with E-state index < -0.39 is 11.2 Å². The molecule has 0 aliphatic heterocycles. The lowest BCUT2D eigenvalue weighted by Crippen LogP contribution is -2.02. The summed E-state index contributed by atoms with van der Waals surface area (Å²) in [5, 5.41) is 7.58. The molecule has 0 N–H and O–H groups in total. The smallest absolute Gasteiger partial charge is 0.238 e. The summed E-state index contributed by atoms with van der Waals surface area (Å²) in [6.07, 6.45) is 0.499. The second-order valence-electron chi connectivity index (χ2n) is 1.39. The maximum Gasteiger partial charge on any atom is 0.238 e. The average Bonchev–Trinajstić information content (AvgIpc) is 1.69. The molecule has 0 aromatic rings. The summed E-state index contributed by atoms with van der Waals surface area (Å²) >= 11 is 4.98. The van der Waals surface area contributed by atoms with E-state index in [-0.39, 0.29) is 0 Å². The largest absolute Gasteiger partial charge is 0.280 e. The molecule has 3 heteroatoms. The second kappa shape index (κ2) is 3.45. The molecule has 0 rings (SSSR count). The molecule has 1 atom stereocenters. The molecular formula is C5H6ClNO. The fourth-order valence-electron chi connectivity index (χ4n) is 0.303. The van der Waals surface area contributed by atoms with Crippen molar-refractivity contribution in [1.29, 1.82) is 5.26 Å². The molecule has 0 saturated heterocycles. The van der Waals surface area contributed by atoms with Crippen LogP contribution >= 0.6 is 11.6 Å². The number of halogens is 1. The third-order valence-corrected chi connectivity index (χ3v) is 1.10. The van der Waals surface area contributed by atoms with E-state index in [4.69, 9.17) is 16.9 Å².